The molecule has 0 spiro atoms. The van der Waals surface area contributed by atoms with Crippen LogP contribution < -0.4 is 5.32 Å². The number of benzene rings is 2. The molecule has 21 heavy (non-hydrogen) atoms. The molecule has 110 valence electrons. The van der Waals surface area contributed by atoms with Gasteiger partial charge in [0.1, 0.15) is 5.82 Å². The third kappa shape index (κ3) is 3.61. The molecule has 0 fully saturated rings. The number of nitrogens with one attached hydrogen (secondary N) is 1. The van der Waals surface area contributed by atoms with Crippen molar-refractivity contribution in [1.82, 2.24) is 0 Å². The molecular formula is C16H15BrFNO2. The Morgan fingerprint density at radius 3 is 2.76 bits per heavy atom. The lowest BCUT2D eigenvalue weighted by molar-refractivity contribution is 0.0600. The lowest BCUT2D eigenvalue weighted by Crippen LogP contribution is -2.07. The molecule has 2 aromatic rings. The van der Waals surface area contributed by atoms with E-state index in [4.69, 9.17) is 4.74 Å². The minimum Gasteiger partial charge on any atom is -0.465 e. The third-order valence-corrected chi connectivity index (χ3v) is 3.81. The Kier molecular flexibility index (Phi) is 4.96. The zero-order valence-corrected chi connectivity index (χ0v) is 13.3. The van der Waals surface area contributed by atoms with Crippen LogP contribution in [0, 0.1) is 12.7 Å². The Hall–Kier alpha value is -1.88. The molecule has 3 nitrogen and oxygen atoms in total. The number of hydrogen-bond donors (Lipinski definition) is 1. The van der Waals surface area contributed by atoms with Crippen molar-refractivity contribution in [2.24, 2.45) is 0 Å². The van der Waals surface area contributed by atoms with Crippen LogP contribution in [0.15, 0.2) is 40.9 Å². The molecular weight excluding hydrogens is 337 g/mol. The molecule has 1 N–H and O–H groups in total. The van der Waals surface area contributed by atoms with Crippen LogP contribution in [0.2, 0.25) is 0 Å². The minimum absolute atomic E-state index is 0.289. The van der Waals surface area contributed by atoms with Crippen LogP contribution in [0.1, 0.15) is 21.5 Å². The summed E-state index contributed by atoms with van der Waals surface area (Å²) < 4.78 is 18.4. The van der Waals surface area contributed by atoms with Gasteiger partial charge in [-0.1, -0.05) is 12.1 Å². The Bertz CT molecular complexity index is 673. The Balaban J connectivity index is 2.16. The van der Waals surface area contributed by atoms with Crippen LogP contribution in [0.3, 0.4) is 0 Å². The molecule has 0 aliphatic carbocycles. The SMILES string of the molecule is COC(=O)c1cccc(NCc2ccc(F)c(Br)c2)c1C. The van der Waals surface area contributed by atoms with E-state index < -0.39 is 0 Å². The van der Waals surface area contributed by atoms with Gasteiger partial charge in [0.15, 0.2) is 0 Å². The van der Waals surface area contributed by atoms with Crippen molar-refractivity contribution in [3.63, 3.8) is 0 Å². The zero-order valence-electron chi connectivity index (χ0n) is 11.7. The van der Waals surface area contributed by atoms with Gasteiger partial charge in [-0.25, -0.2) is 9.18 Å². The third-order valence-electron chi connectivity index (χ3n) is 3.21. The van der Waals surface area contributed by atoms with E-state index in [1.165, 1.54) is 13.2 Å². The monoisotopic (exact) mass is 351 g/mol. The van der Waals surface area contributed by atoms with Gasteiger partial charge in [0.25, 0.3) is 0 Å². The molecule has 0 unspecified atom stereocenters. The maximum absolute atomic E-state index is 13.2. The van der Waals surface area contributed by atoms with Crippen molar-refractivity contribution in [3.05, 3.63) is 63.4 Å². The molecule has 0 aromatic heterocycles. The maximum atomic E-state index is 13.2. The number of methoxy groups -OCH3 is 1. The van der Waals surface area contributed by atoms with E-state index in [1.807, 2.05) is 13.0 Å². The second-order valence-corrected chi connectivity index (χ2v) is 5.43. The summed E-state index contributed by atoms with van der Waals surface area (Å²) in [5, 5.41) is 3.24. The van der Waals surface area contributed by atoms with Crippen LogP contribution >= 0.6 is 15.9 Å². The van der Waals surface area contributed by atoms with Gasteiger partial charge in [-0.15, -0.1) is 0 Å². The lowest BCUT2D eigenvalue weighted by Gasteiger charge is -2.12. The quantitative estimate of drug-likeness (QED) is 0.834. The predicted octanol–water partition coefficient (Wildman–Crippen LogP) is 4.30. The first-order valence-corrected chi connectivity index (χ1v) is 7.18. The number of hydrogen-bond acceptors (Lipinski definition) is 3. The highest BCUT2D eigenvalue weighted by molar-refractivity contribution is 9.10. The smallest absolute Gasteiger partial charge is 0.338 e. The summed E-state index contributed by atoms with van der Waals surface area (Å²) in [6.07, 6.45) is 0. The highest BCUT2D eigenvalue weighted by Crippen LogP contribution is 2.22. The van der Waals surface area contributed by atoms with E-state index in [0.717, 1.165) is 16.8 Å². The summed E-state index contributed by atoms with van der Waals surface area (Å²) in [7, 11) is 1.36. The fraction of sp³-hybridized carbons (Fsp3) is 0.188. The summed E-state index contributed by atoms with van der Waals surface area (Å²) in [5.41, 5.74) is 3.14. The number of carbonyl (C=O) groups is 1. The molecule has 0 aliphatic heterocycles. The Labute approximate surface area is 131 Å². The second kappa shape index (κ2) is 6.72. The molecule has 0 radical (unpaired) electrons. The van der Waals surface area contributed by atoms with Gasteiger partial charge in [0, 0.05) is 12.2 Å². The molecule has 5 heteroatoms. The van der Waals surface area contributed by atoms with E-state index in [1.54, 1.807) is 24.3 Å². The van der Waals surface area contributed by atoms with Crippen molar-refractivity contribution < 1.29 is 13.9 Å². The highest BCUT2D eigenvalue weighted by Gasteiger charge is 2.11. The fourth-order valence-corrected chi connectivity index (χ4v) is 2.43. The van der Waals surface area contributed by atoms with Crippen LogP contribution in [0.25, 0.3) is 0 Å². The first kappa shape index (κ1) is 15.5. The van der Waals surface area contributed by atoms with Gasteiger partial charge in [0.05, 0.1) is 17.1 Å². The second-order valence-electron chi connectivity index (χ2n) is 4.57. The highest BCUT2D eigenvalue weighted by atomic mass is 79.9. The average Bonchev–Trinajstić information content (AvgIpc) is 2.49. The summed E-state index contributed by atoms with van der Waals surface area (Å²) in [6.45, 7) is 2.39. The van der Waals surface area contributed by atoms with Crippen molar-refractivity contribution >= 4 is 27.6 Å². The van der Waals surface area contributed by atoms with Gasteiger partial charge >= 0.3 is 5.97 Å². The van der Waals surface area contributed by atoms with Gasteiger partial charge in [-0.05, 0) is 58.2 Å². The Morgan fingerprint density at radius 2 is 2.10 bits per heavy atom. The van der Waals surface area contributed by atoms with Crippen molar-refractivity contribution in [2.75, 3.05) is 12.4 Å². The predicted molar refractivity (Wildman–Crippen MR) is 83.9 cm³/mol. The van der Waals surface area contributed by atoms with Crippen LogP contribution in [0.5, 0.6) is 0 Å². The topological polar surface area (TPSA) is 38.3 Å². The molecule has 2 rings (SSSR count). The van der Waals surface area contributed by atoms with Gasteiger partial charge in [0.2, 0.25) is 0 Å². The van der Waals surface area contributed by atoms with Gasteiger partial charge < -0.3 is 10.1 Å². The molecule has 0 bridgehead atoms. The van der Waals surface area contributed by atoms with E-state index in [9.17, 15) is 9.18 Å². The molecule has 0 amide bonds. The van der Waals surface area contributed by atoms with Gasteiger partial charge in [-0.2, -0.15) is 0 Å². The zero-order chi connectivity index (χ0) is 15.4. The molecule has 0 saturated carbocycles. The number of ether oxygens (including phenoxy) is 1. The molecule has 0 saturated heterocycles. The number of carbonyl (C=O) groups excluding carboxylic acids is 1. The average molecular weight is 352 g/mol. The standard InChI is InChI=1S/C16H15BrFNO2/c1-10-12(16(20)21-2)4-3-5-15(10)19-9-11-6-7-14(18)13(17)8-11/h3-8,19H,9H2,1-2H3. The molecule has 2 aromatic carbocycles. The lowest BCUT2D eigenvalue weighted by atomic mass is 10.1. The largest absolute Gasteiger partial charge is 0.465 e. The number of esters is 1. The normalized spacial score (nSPS) is 10.3. The number of rotatable bonds is 4. The molecule has 0 atom stereocenters. The summed E-state index contributed by atoms with van der Waals surface area (Å²) in [6, 6.07) is 10.3. The van der Waals surface area contributed by atoms with Crippen LogP contribution in [-0.4, -0.2) is 13.1 Å². The van der Waals surface area contributed by atoms with Crippen molar-refractivity contribution in [1.29, 1.82) is 0 Å². The van der Waals surface area contributed by atoms with Crippen LogP contribution in [0.4, 0.5) is 10.1 Å². The first-order chi connectivity index (χ1) is 10.0. The summed E-state index contributed by atoms with van der Waals surface area (Å²) in [5.74, 6) is -0.650. The van der Waals surface area contributed by atoms with E-state index in [0.29, 0.717) is 16.6 Å². The number of halogens is 2. The Morgan fingerprint density at radius 1 is 1.33 bits per heavy atom. The first-order valence-electron chi connectivity index (χ1n) is 6.38. The van der Waals surface area contributed by atoms with E-state index in [2.05, 4.69) is 21.2 Å². The molecule has 0 aliphatic rings. The van der Waals surface area contributed by atoms with E-state index in [-0.39, 0.29) is 11.8 Å². The summed E-state index contributed by atoms with van der Waals surface area (Å²) >= 11 is 3.16. The fourth-order valence-electron chi connectivity index (χ4n) is 2.01. The maximum Gasteiger partial charge on any atom is 0.338 e. The van der Waals surface area contributed by atoms with Crippen molar-refractivity contribution in [2.45, 2.75) is 13.5 Å². The van der Waals surface area contributed by atoms with Crippen LogP contribution in [-0.2, 0) is 11.3 Å². The van der Waals surface area contributed by atoms with Gasteiger partial charge in [-0.3, -0.25) is 0 Å². The number of anilines is 1. The molecule has 0 heterocycles. The minimum atomic E-state index is -0.360. The van der Waals surface area contributed by atoms with Crippen molar-refractivity contribution in [3.8, 4) is 0 Å². The van der Waals surface area contributed by atoms with E-state index >= 15 is 0 Å². The summed E-state index contributed by atoms with van der Waals surface area (Å²) in [4.78, 5) is 11.6.